The number of aromatic nitrogens is 1. The molecule has 1 unspecified atom stereocenters. The maximum absolute atomic E-state index is 12.9. The number of carbonyl (C=O) groups excluding carboxylic acids is 1. The number of likely N-dealkylation sites (tertiary alicyclic amines) is 1. The van der Waals surface area contributed by atoms with Crippen molar-refractivity contribution in [3.8, 4) is 0 Å². The molecule has 0 radical (unpaired) electrons. The average Bonchev–Trinajstić information content (AvgIpc) is 3.13. The van der Waals surface area contributed by atoms with Gasteiger partial charge < -0.3 is 5.32 Å². The summed E-state index contributed by atoms with van der Waals surface area (Å²) in [6.07, 6.45) is 2.45. The van der Waals surface area contributed by atoms with E-state index in [2.05, 4.69) is 26.8 Å². The lowest BCUT2D eigenvalue weighted by Crippen LogP contribution is -2.47. The van der Waals surface area contributed by atoms with E-state index in [0.717, 1.165) is 25.3 Å². The molecule has 2 aromatic rings. The number of piperidine rings is 1. The molecule has 1 amide bonds. The van der Waals surface area contributed by atoms with E-state index in [1.165, 1.54) is 48.4 Å². The second kappa shape index (κ2) is 10.4. The van der Waals surface area contributed by atoms with Gasteiger partial charge in [-0.2, -0.15) is 4.72 Å². The van der Waals surface area contributed by atoms with Crippen LogP contribution in [0.1, 0.15) is 39.3 Å². The third kappa shape index (κ3) is 6.73. The molecule has 1 aromatic carbocycles. The van der Waals surface area contributed by atoms with E-state index in [-0.39, 0.29) is 10.8 Å². The van der Waals surface area contributed by atoms with Crippen LogP contribution >= 0.6 is 22.9 Å². The van der Waals surface area contributed by atoms with Gasteiger partial charge in [0, 0.05) is 23.5 Å². The third-order valence-electron chi connectivity index (χ3n) is 5.26. The number of amides is 1. The Morgan fingerprint density at radius 1 is 1.32 bits per heavy atom. The topological polar surface area (TPSA) is 91.4 Å². The Balaban J connectivity index is 1.64. The number of sulfonamides is 1. The van der Waals surface area contributed by atoms with Crippen LogP contribution in [0, 0.1) is 11.8 Å². The smallest absolute Gasteiger partial charge is 0.244 e. The minimum Gasteiger partial charge on any atom is -0.301 e. The van der Waals surface area contributed by atoms with Gasteiger partial charge >= 0.3 is 0 Å². The summed E-state index contributed by atoms with van der Waals surface area (Å²) >= 11 is 7.19. The van der Waals surface area contributed by atoms with Crippen molar-refractivity contribution in [1.29, 1.82) is 0 Å². The summed E-state index contributed by atoms with van der Waals surface area (Å²) in [5, 5.41) is 5.63. The Kier molecular flexibility index (Phi) is 8.09. The van der Waals surface area contributed by atoms with Gasteiger partial charge in [-0.3, -0.25) is 9.69 Å². The Hall–Kier alpha value is -1.52. The summed E-state index contributed by atoms with van der Waals surface area (Å²) in [4.78, 5) is 19.8. The highest BCUT2D eigenvalue weighted by molar-refractivity contribution is 7.89. The van der Waals surface area contributed by atoms with E-state index in [4.69, 9.17) is 11.6 Å². The van der Waals surface area contributed by atoms with Crippen molar-refractivity contribution in [3.05, 3.63) is 40.4 Å². The van der Waals surface area contributed by atoms with Crippen molar-refractivity contribution < 1.29 is 13.2 Å². The molecule has 2 atom stereocenters. The number of thiazole rings is 1. The van der Waals surface area contributed by atoms with E-state index in [0.29, 0.717) is 16.1 Å². The highest BCUT2D eigenvalue weighted by Crippen LogP contribution is 2.22. The fourth-order valence-electron chi connectivity index (χ4n) is 3.62. The number of rotatable bonds is 8. The minimum atomic E-state index is -3.87. The molecule has 3 rings (SSSR count). The predicted octanol–water partition coefficient (Wildman–Crippen LogP) is 3.97. The summed E-state index contributed by atoms with van der Waals surface area (Å²) in [7, 11) is -3.87. The molecule has 1 aliphatic heterocycles. The van der Waals surface area contributed by atoms with E-state index in [1.807, 2.05) is 5.38 Å². The fourth-order valence-corrected chi connectivity index (χ4v) is 5.80. The van der Waals surface area contributed by atoms with Crippen LogP contribution < -0.4 is 10.0 Å². The monoisotopic (exact) mass is 484 g/mol. The lowest BCUT2D eigenvalue weighted by atomic mass is 10.0. The van der Waals surface area contributed by atoms with Gasteiger partial charge in [0.05, 0.1) is 10.6 Å². The molecule has 0 aliphatic carbocycles. The van der Waals surface area contributed by atoms with Crippen LogP contribution in [-0.4, -0.2) is 43.3 Å². The van der Waals surface area contributed by atoms with Crippen LogP contribution in [-0.2, 0) is 21.4 Å². The van der Waals surface area contributed by atoms with Crippen LogP contribution in [0.15, 0.2) is 34.5 Å². The first-order valence-corrected chi connectivity index (χ1v) is 13.1. The SMILES string of the molecule is CC1CCCN(Cc2csc(NC(=O)[C@@H](NS(=O)(=O)c3ccc(Cl)cc3)C(C)C)n2)C1. The third-order valence-corrected chi connectivity index (χ3v) is 7.78. The molecule has 2 N–H and O–H groups in total. The van der Waals surface area contributed by atoms with Crippen LogP contribution in [0.3, 0.4) is 0 Å². The summed E-state index contributed by atoms with van der Waals surface area (Å²) in [6.45, 7) is 8.72. The first-order chi connectivity index (χ1) is 14.6. The van der Waals surface area contributed by atoms with Crippen LogP contribution in [0.5, 0.6) is 0 Å². The van der Waals surface area contributed by atoms with Crippen molar-refractivity contribution in [2.75, 3.05) is 18.4 Å². The number of hydrogen-bond acceptors (Lipinski definition) is 6. The van der Waals surface area contributed by atoms with Crippen LogP contribution in [0.4, 0.5) is 5.13 Å². The molecular formula is C21H29ClN4O3S2. The zero-order valence-electron chi connectivity index (χ0n) is 18.0. The van der Waals surface area contributed by atoms with Crippen molar-refractivity contribution in [1.82, 2.24) is 14.6 Å². The quantitative estimate of drug-likeness (QED) is 0.591. The van der Waals surface area contributed by atoms with E-state index < -0.39 is 22.0 Å². The molecule has 0 spiro atoms. The Morgan fingerprint density at radius 2 is 2.03 bits per heavy atom. The Bertz CT molecular complexity index is 992. The van der Waals surface area contributed by atoms with Gasteiger partial charge in [-0.05, 0) is 55.5 Å². The largest absolute Gasteiger partial charge is 0.301 e. The number of nitrogens with one attached hydrogen (secondary N) is 2. The number of carbonyl (C=O) groups is 1. The predicted molar refractivity (Wildman–Crippen MR) is 125 cm³/mol. The lowest BCUT2D eigenvalue weighted by molar-refractivity contribution is -0.118. The van der Waals surface area contributed by atoms with Gasteiger partial charge in [-0.1, -0.05) is 32.4 Å². The van der Waals surface area contributed by atoms with Gasteiger partial charge in [0.2, 0.25) is 15.9 Å². The Morgan fingerprint density at radius 3 is 2.68 bits per heavy atom. The molecule has 2 heterocycles. The van der Waals surface area contributed by atoms with Crippen molar-refractivity contribution in [3.63, 3.8) is 0 Å². The number of halogens is 1. The van der Waals surface area contributed by atoms with Crippen LogP contribution in [0.2, 0.25) is 5.02 Å². The van der Waals surface area contributed by atoms with Gasteiger partial charge in [0.25, 0.3) is 0 Å². The van der Waals surface area contributed by atoms with E-state index in [1.54, 1.807) is 13.8 Å². The molecule has 1 aromatic heterocycles. The molecule has 0 bridgehead atoms. The lowest BCUT2D eigenvalue weighted by Gasteiger charge is -2.30. The maximum Gasteiger partial charge on any atom is 0.244 e. The maximum atomic E-state index is 12.9. The molecule has 1 fully saturated rings. The molecule has 170 valence electrons. The first kappa shape index (κ1) is 24.1. The van der Waals surface area contributed by atoms with Crippen LogP contribution in [0.25, 0.3) is 0 Å². The molecule has 0 saturated carbocycles. The fraction of sp³-hybridized carbons (Fsp3) is 0.524. The summed E-state index contributed by atoms with van der Waals surface area (Å²) < 4.78 is 27.9. The minimum absolute atomic E-state index is 0.0580. The number of benzene rings is 1. The second-order valence-electron chi connectivity index (χ2n) is 8.41. The molecule has 1 aliphatic rings. The summed E-state index contributed by atoms with van der Waals surface area (Å²) in [5.41, 5.74) is 0.914. The van der Waals surface area contributed by atoms with Gasteiger partial charge in [0.15, 0.2) is 5.13 Å². The number of nitrogens with zero attached hydrogens (tertiary/aromatic N) is 2. The van der Waals surface area contributed by atoms with Gasteiger partial charge in [-0.15, -0.1) is 11.3 Å². The highest BCUT2D eigenvalue weighted by Gasteiger charge is 2.29. The standard InChI is InChI=1S/C21H29ClN4O3S2/c1-14(2)19(25-31(28,29)18-8-6-16(22)7-9-18)20(27)24-21-23-17(13-30-21)12-26-10-4-5-15(3)11-26/h6-9,13-15,19,25H,4-5,10-12H2,1-3H3,(H,23,24,27)/t15?,19-/m0/s1. The summed E-state index contributed by atoms with van der Waals surface area (Å²) in [5.74, 6) is 0.00315. The highest BCUT2D eigenvalue weighted by atomic mass is 35.5. The molecule has 10 heteroatoms. The van der Waals surface area contributed by atoms with E-state index in [9.17, 15) is 13.2 Å². The molecular weight excluding hydrogens is 456 g/mol. The van der Waals surface area contributed by atoms with Crippen molar-refractivity contribution in [2.24, 2.45) is 11.8 Å². The van der Waals surface area contributed by atoms with Gasteiger partial charge in [0.1, 0.15) is 6.04 Å². The normalized spacial score (nSPS) is 18.8. The second-order valence-corrected chi connectivity index (χ2v) is 11.4. The van der Waals surface area contributed by atoms with Gasteiger partial charge in [-0.25, -0.2) is 13.4 Å². The Labute approximate surface area is 193 Å². The first-order valence-electron chi connectivity index (χ1n) is 10.4. The number of hydrogen-bond donors (Lipinski definition) is 2. The van der Waals surface area contributed by atoms with Crippen molar-refractivity contribution in [2.45, 2.75) is 51.1 Å². The molecule has 7 nitrogen and oxygen atoms in total. The number of anilines is 1. The molecule has 1 saturated heterocycles. The van der Waals surface area contributed by atoms with E-state index >= 15 is 0 Å². The zero-order valence-corrected chi connectivity index (χ0v) is 20.4. The zero-order chi connectivity index (χ0) is 22.6. The summed E-state index contributed by atoms with van der Waals surface area (Å²) in [6, 6.07) is 4.89. The van der Waals surface area contributed by atoms with Crippen molar-refractivity contribution >= 4 is 44.0 Å². The molecule has 31 heavy (non-hydrogen) atoms. The average molecular weight is 485 g/mol.